The number of imidazole rings is 1. The number of nitrogens with zero attached hydrogens (tertiary/aromatic N) is 5. The SMILES string of the molecule is CCOc1nc(SCCN(CC)CC)nc2ncn(C)c12. The summed E-state index contributed by atoms with van der Waals surface area (Å²) in [6, 6.07) is 0. The van der Waals surface area contributed by atoms with Gasteiger partial charge in [-0.15, -0.1) is 0 Å². The number of rotatable bonds is 8. The number of aromatic nitrogens is 4. The second-order valence-corrected chi connectivity index (χ2v) is 5.71. The highest BCUT2D eigenvalue weighted by atomic mass is 32.2. The van der Waals surface area contributed by atoms with Crippen molar-refractivity contribution in [2.75, 3.05) is 32.0 Å². The number of hydrogen-bond acceptors (Lipinski definition) is 6. The number of hydrogen-bond donors (Lipinski definition) is 0. The number of aryl methyl sites for hydroxylation is 1. The van der Waals surface area contributed by atoms with Gasteiger partial charge in [0.2, 0.25) is 5.88 Å². The molecule has 0 atom stereocenters. The minimum absolute atomic E-state index is 0.584. The molecule has 0 saturated carbocycles. The molecule has 2 rings (SSSR count). The van der Waals surface area contributed by atoms with Crippen molar-refractivity contribution in [2.45, 2.75) is 25.9 Å². The summed E-state index contributed by atoms with van der Waals surface area (Å²) in [5, 5.41) is 0.733. The van der Waals surface area contributed by atoms with Crippen LogP contribution in [0.2, 0.25) is 0 Å². The highest BCUT2D eigenvalue weighted by molar-refractivity contribution is 7.99. The summed E-state index contributed by atoms with van der Waals surface area (Å²) in [4.78, 5) is 15.7. The van der Waals surface area contributed by atoms with Gasteiger partial charge in [-0.1, -0.05) is 25.6 Å². The van der Waals surface area contributed by atoms with Crippen molar-refractivity contribution in [1.82, 2.24) is 24.4 Å². The lowest BCUT2D eigenvalue weighted by Crippen LogP contribution is -2.25. The molecule has 0 amide bonds. The Morgan fingerprint density at radius 1 is 1.24 bits per heavy atom. The van der Waals surface area contributed by atoms with Crippen molar-refractivity contribution in [3.63, 3.8) is 0 Å². The standard InChI is InChI=1S/C14H23N5OS/c1-5-19(6-2)8-9-21-14-16-12-11(18(4)10-15-12)13(17-14)20-7-3/h10H,5-9H2,1-4H3. The van der Waals surface area contributed by atoms with E-state index >= 15 is 0 Å². The molecular weight excluding hydrogens is 286 g/mol. The van der Waals surface area contributed by atoms with E-state index in [-0.39, 0.29) is 0 Å². The molecule has 7 heteroatoms. The zero-order valence-electron chi connectivity index (χ0n) is 13.2. The van der Waals surface area contributed by atoms with Gasteiger partial charge in [-0.05, 0) is 20.0 Å². The van der Waals surface area contributed by atoms with E-state index in [9.17, 15) is 0 Å². The lowest BCUT2D eigenvalue weighted by molar-refractivity contribution is 0.323. The van der Waals surface area contributed by atoms with Crippen molar-refractivity contribution in [1.29, 1.82) is 0 Å². The van der Waals surface area contributed by atoms with Crippen molar-refractivity contribution in [2.24, 2.45) is 7.05 Å². The van der Waals surface area contributed by atoms with Crippen molar-refractivity contribution < 1.29 is 4.74 Å². The molecule has 0 radical (unpaired) electrons. The Morgan fingerprint density at radius 3 is 2.67 bits per heavy atom. The summed E-state index contributed by atoms with van der Waals surface area (Å²) >= 11 is 1.65. The van der Waals surface area contributed by atoms with E-state index in [2.05, 4.69) is 33.7 Å². The zero-order chi connectivity index (χ0) is 15.2. The molecule has 6 nitrogen and oxygen atoms in total. The van der Waals surface area contributed by atoms with E-state index in [4.69, 9.17) is 4.74 Å². The summed E-state index contributed by atoms with van der Waals surface area (Å²) < 4.78 is 7.53. The smallest absolute Gasteiger partial charge is 0.244 e. The average Bonchev–Trinajstić information content (AvgIpc) is 2.86. The van der Waals surface area contributed by atoms with E-state index in [0.717, 1.165) is 36.1 Å². The Morgan fingerprint density at radius 2 is 2.00 bits per heavy atom. The molecule has 116 valence electrons. The van der Waals surface area contributed by atoms with Crippen LogP contribution in [0.3, 0.4) is 0 Å². The van der Waals surface area contributed by atoms with Gasteiger partial charge in [0.25, 0.3) is 0 Å². The van der Waals surface area contributed by atoms with Crippen LogP contribution in [0.25, 0.3) is 11.2 Å². The summed E-state index contributed by atoms with van der Waals surface area (Å²) in [5.41, 5.74) is 1.55. The van der Waals surface area contributed by atoms with E-state index in [1.165, 1.54) is 0 Å². The molecule has 0 aliphatic heterocycles. The molecule has 0 aliphatic carbocycles. The van der Waals surface area contributed by atoms with Crippen molar-refractivity contribution >= 4 is 22.9 Å². The largest absolute Gasteiger partial charge is 0.476 e. The maximum Gasteiger partial charge on any atom is 0.244 e. The molecule has 0 unspecified atom stereocenters. The molecule has 2 aromatic heterocycles. The maximum atomic E-state index is 5.63. The summed E-state index contributed by atoms with van der Waals surface area (Å²) in [7, 11) is 1.93. The second-order valence-electron chi connectivity index (χ2n) is 4.65. The number of thioether (sulfide) groups is 1. The average molecular weight is 309 g/mol. The lowest BCUT2D eigenvalue weighted by atomic mass is 10.5. The van der Waals surface area contributed by atoms with Crippen LogP contribution in [0.5, 0.6) is 5.88 Å². The molecule has 0 saturated heterocycles. The summed E-state index contributed by atoms with van der Waals surface area (Å²) in [5.74, 6) is 1.58. The molecule has 2 heterocycles. The van der Waals surface area contributed by atoms with Crippen LogP contribution in [0.1, 0.15) is 20.8 Å². The van der Waals surface area contributed by atoms with Gasteiger partial charge in [0.15, 0.2) is 16.3 Å². The maximum absolute atomic E-state index is 5.63. The highest BCUT2D eigenvalue weighted by Gasteiger charge is 2.13. The first kappa shape index (κ1) is 16.0. The van der Waals surface area contributed by atoms with Gasteiger partial charge in [0.05, 0.1) is 12.9 Å². The Bertz CT molecular complexity index is 582. The summed E-state index contributed by atoms with van der Waals surface area (Å²) in [6.45, 7) is 10.1. The third-order valence-corrected chi connectivity index (χ3v) is 4.16. The predicted octanol–water partition coefficient (Wildman–Crippen LogP) is 2.20. The quantitative estimate of drug-likeness (QED) is 0.550. The van der Waals surface area contributed by atoms with E-state index in [1.54, 1.807) is 18.1 Å². The van der Waals surface area contributed by atoms with Crippen LogP contribution in [0, 0.1) is 0 Å². The van der Waals surface area contributed by atoms with Gasteiger partial charge in [0.1, 0.15) is 0 Å². The third kappa shape index (κ3) is 3.85. The molecule has 0 bridgehead atoms. The number of fused-ring (bicyclic) bond motifs is 1. The highest BCUT2D eigenvalue weighted by Crippen LogP contribution is 2.25. The normalized spacial score (nSPS) is 11.5. The first-order valence-corrected chi connectivity index (χ1v) is 8.35. The lowest BCUT2D eigenvalue weighted by Gasteiger charge is -2.17. The first-order chi connectivity index (χ1) is 10.2. The zero-order valence-corrected chi connectivity index (χ0v) is 14.0. The number of ether oxygens (including phenoxy) is 1. The Balaban J connectivity index is 2.13. The minimum Gasteiger partial charge on any atom is -0.476 e. The monoisotopic (exact) mass is 309 g/mol. The van der Waals surface area contributed by atoms with Crippen LogP contribution in [0.15, 0.2) is 11.5 Å². The van der Waals surface area contributed by atoms with E-state index in [1.807, 2.05) is 18.5 Å². The molecule has 0 aromatic carbocycles. The van der Waals surface area contributed by atoms with Gasteiger partial charge >= 0.3 is 0 Å². The molecule has 0 fully saturated rings. The minimum atomic E-state index is 0.584. The van der Waals surface area contributed by atoms with E-state index in [0.29, 0.717) is 18.1 Å². The van der Waals surface area contributed by atoms with Gasteiger partial charge in [0, 0.05) is 19.3 Å². The Hall–Kier alpha value is -1.34. The van der Waals surface area contributed by atoms with Gasteiger partial charge < -0.3 is 14.2 Å². The molecule has 2 aromatic rings. The van der Waals surface area contributed by atoms with Crippen molar-refractivity contribution in [3.8, 4) is 5.88 Å². The van der Waals surface area contributed by atoms with Crippen LogP contribution in [-0.2, 0) is 7.05 Å². The fraction of sp³-hybridized carbons (Fsp3) is 0.643. The van der Waals surface area contributed by atoms with Crippen LogP contribution < -0.4 is 4.74 Å². The van der Waals surface area contributed by atoms with Gasteiger partial charge in [-0.25, -0.2) is 9.97 Å². The van der Waals surface area contributed by atoms with E-state index < -0.39 is 0 Å². The van der Waals surface area contributed by atoms with Gasteiger partial charge in [-0.2, -0.15) is 4.98 Å². The van der Waals surface area contributed by atoms with Crippen LogP contribution in [0.4, 0.5) is 0 Å². The fourth-order valence-corrected chi connectivity index (χ4v) is 2.94. The molecule has 0 aliphatic rings. The Labute approximate surface area is 129 Å². The molecule has 21 heavy (non-hydrogen) atoms. The molecule has 0 spiro atoms. The predicted molar refractivity (Wildman–Crippen MR) is 86.0 cm³/mol. The molecular formula is C14H23N5OS. The summed E-state index contributed by atoms with van der Waals surface area (Å²) in [6.07, 6.45) is 1.74. The van der Waals surface area contributed by atoms with Crippen LogP contribution >= 0.6 is 11.8 Å². The third-order valence-electron chi connectivity index (χ3n) is 3.33. The van der Waals surface area contributed by atoms with Gasteiger partial charge in [-0.3, -0.25) is 0 Å². The molecule has 0 N–H and O–H groups in total. The fourth-order valence-electron chi connectivity index (χ4n) is 2.11. The topological polar surface area (TPSA) is 56.1 Å². The van der Waals surface area contributed by atoms with Crippen molar-refractivity contribution in [3.05, 3.63) is 6.33 Å². The van der Waals surface area contributed by atoms with Crippen LogP contribution in [-0.4, -0.2) is 56.4 Å². The Kier molecular flexibility index (Phi) is 5.81. The second kappa shape index (κ2) is 7.61. The first-order valence-electron chi connectivity index (χ1n) is 7.36.